The molecule has 0 aromatic carbocycles. The van der Waals surface area contributed by atoms with Gasteiger partial charge in [0, 0.05) is 28.1 Å². The predicted octanol–water partition coefficient (Wildman–Crippen LogP) is -12.4. The van der Waals surface area contributed by atoms with E-state index in [4.69, 9.17) is 57.2 Å². The molecule has 372 valence electrons. The Morgan fingerprint density at radius 3 is 1.06 bits per heavy atom. The van der Waals surface area contributed by atoms with Gasteiger partial charge in [-0.05, 0) is 0 Å². The first kappa shape index (κ1) is 59.1. The number of carbonyl (C=O) groups excluding carboxylic acids is 2. The van der Waals surface area contributed by atoms with Crippen LogP contribution >= 0.6 is 0 Å². The zero-order chi connectivity index (χ0) is 48.8. The van der Waals surface area contributed by atoms with Gasteiger partial charge in [-0.3, -0.25) is 18.7 Å². The van der Waals surface area contributed by atoms with Crippen LogP contribution in [-0.2, 0) is 86.2 Å². The first-order valence-electron chi connectivity index (χ1n) is 18.2. The summed E-state index contributed by atoms with van der Waals surface area (Å²) in [6.07, 6.45) is -32.5. The molecule has 65 heavy (non-hydrogen) atoms. The molecule has 14 N–H and O–H groups in total. The van der Waals surface area contributed by atoms with E-state index in [0.29, 0.717) is 0 Å². The van der Waals surface area contributed by atoms with Crippen LogP contribution in [0.3, 0.4) is 0 Å². The Labute approximate surface area is 389 Å². The van der Waals surface area contributed by atoms with Gasteiger partial charge in [0.05, 0.1) is 13.2 Å². The van der Waals surface area contributed by atoms with Gasteiger partial charge in [0.1, 0.15) is 85.3 Å². The molecule has 32 nitrogen and oxygen atoms in total. The van der Waals surface area contributed by atoms with Gasteiger partial charge < -0.3 is 99.6 Å². The van der Waals surface area contributed by atoms with Crippen LogP contribution in [0.1, 0.15) is 13.8 Å². The van der Waals surface area contributed by atoms with E-state index in [1.807, 2.05) is 0 Å². The van der Waals surface area contributed by atoms with E-state index >= 15 is 0 Å². The van der Waals surface area contributed by atoms with Crippen molar-refractivity contribution in [3.05, 3.63) is 0 Å². The number of amides is 2. The molecule has 2 amide bonds. The Kier molecular flexibility index (Phi) is 22.7. The molecular formula is C30H50N2NaO30S2+. The third-order valence-corrected chi connectivity index (χ3v) is 10.4. The summed E-state index contributed by atoms with van der Waals surface area (Å²) in [6, 6.07) is -2.62. The molecule has 0 aromatic rings. The van der Waals surface area contributed by atoms with E-state index in [-0.39, 0.29) is 29.6 Å². The molecular weight excluding hydrogens is 955 g/mol. The summed E-state index contributed by atoms with van der Waals surface area (Å²) in [6.45, 7) is 0.381. The summed E-state index contributed by atoms with van der Waals surface area (Å²) in [7, 11) is -7.56. The Hall–Kier alpha value is -2.02. The van der Waals surface area contributed by atoms with E-state index in [9.17, 15) is 76.9 Å². The molecule has 20 atom stereocenters. The molecule has 0 spiro atoms. The number of nitrogens with one attached hydrogen (secondary N) is 2. The predicted molar refractivity (Wildman–Crippen MR) is 192 cm³/mol. The van der Waals surface area contributed by atoms with Crippen molar-refractivity contribution in [3.8, 4) is 0 Å². The van der Waals surface area contributed by atoms with Crippen LogP contribution in [0.2, 0.25) is 0 Å². The van der Waals surface area contributed by atoms with E-state index in [2.05, 4.69) is 19.0 Å². The summed E-state index contributed by atoms with van der Waals surface area (Å²) < 4.78 is 111. The van der Waals surface area contributed by atoms with Gasteiger partial charge in [-0.25, -0.2) is 18.0 Å². The van der Waals surface area contributed by atoms with Crippen molar-refractivity contribution in [2.45, 2.75) is 137 Å². The zero-order valence-electron chi connectivity index (χ0n) is 34.5. The van der Waals surface area contributed by atoms with Gasteiger partial charge in [0.15, 0.2) is 37.4 Å². The maximum absolute atomic E-state index is 11.6. The van der Waals surface area contributed by atoms with Crippen molar-refractivity contribution in [2.75, 3.05) is 27.4 Å². The number of rotatable bonds is 16. The standard InChI is InChI=1S/2C15H25NO15S.Na/c2*1-4(17)16-6-11(7(18)5(29-14(6)27-2)3-28-32(24,25)26)30-15-10(21)8(19)9(20)12(31-15)13(22)23;/h2*5-12,14-15,18-21H,3H2,1-2H3,(H,16,17)(H,22,23)(H,24,25,26);/q;;+1/t2*5-,6-,7-,8+,9+,10-,11-,12+,14+,15-;/m11./s1. The molecule has 4 heterocycles. The van der Waals surface area contributed by atoms with Crippen LogP contribution in [0.25, 0.3) is 0 Å². The number of carbonyl (C=O) groups is 4. The molecule has 4 rings (SSSR count). The van der Waals surface area contributed by atoms with Crippen molar-refractivity contribution >= 4 is 44.6 Å². The quantitative estimate of drug-likeness (QED) is 0.0504. The largest absolute Gasteiger partial charge is 1.00 e. The first-order valence-corrected chi connectivity index (χ1v) is 20.9. The SMILES string of the molecule is CO[C@H]1O[C@H](COS(=O)(=O)O)[C@@H](O)[C@H](O[C@@H]2O[C@H](C(=O)O)[C@@H](O)[C@H](O)[C@H]2O)[C@H]1NC(C)=O.CO[C@H]1O[C@H](COS(=O)(=O)O)[C@@H](O)[C@H](O[C@@H]2O[C@H](C(=O)O)[C@@H](O)[C@H](O)[C@H]2O)[C@H]1NC(C)=O.[Na+]. The molecule has 4 saturated heterocycles. The second kappa shape index (κ2) is 25.0. The van der Waals surface area contributed by atoms with Crippen LogP contribution in [0.4, 0.5) is 0 Å². The summed E-state index contributed by atoms with van der Waals surface area (Å²) >= 11 is 0. The maximum Gasteiger partial charge on any atom is 1.00 e. The van der Waals surface area contributed by atoms with Crippen molar-refractivity contribution in [2.24, 2.45) is 0 Å². The second-order valence-electron chi connectivity index (χ2n) is 14.1. The third kappa shape index (κ3) is 16.0. The van der Waals surface area contributed by atoms with Crippen LogP contribution in [0, 0.1) is 0 Å². The molecule has 4 aliphatic rings. The minimum absolute atomic E-state index is 0. The van der Waals surface area contributed by atoms with E-state index in [1.165, 1.54) is 0 Å². The molecule has 0 saturated carbocycles. The van der Waals surface area contributed by atoms with Gasteiger partial charge in [0.2, 0.25) is 11.8 Å². The average Bonchev–Trinajstić information content (AvgIpc) is 3.18. The van der Waals surface area contributed by atoms with Gasteiger partial charge in [0.25, 0.3) is 0 Å². The van der Waals surface area contributed by atoms with Crippen LogP contribution in [0.15, 0.2) is 0 Å². The summed E-state index contributed by atoms with van der Waals surface area (Å²) in [5, 5.41) is 104. The number of hydrogen-bond acceptors (Lipinski definition) is 26. The smallest absolute Gasteiger partial charge is 0.479 e. The topological polar surface area (TPSA) is 496 Å². The van der Waals surface area contributed by atoms with Gasteiger partial charge in [-0.1, -0.05) is 0 Å². The second-order valence-corrected chi connectivity index (χ2v) is 16.3. The number of aliphatic hydroxyl groups is 8. The minimum Gasteiger partial charge on any atom is -0.479 e. The fourth-order valence-corrected chi connectivity index (χ4v) is 7.17. The van der Waals surface area contributed by atoms with E-state index < -0.39 is 180 Å². The van der Waals surface area contributed by atoms with Crippen molar-refractivity contribution in [1.29, 1.82) is 0 Å². The monoisotopic (exact) mass is 1010 g/mol. The number of carboxylic acids is 2. The number of aliphatic hydroxyl groups excluding tert-OH is 8. The molecule has 0 aliphatic carbocycles. The fraction of sp³-hybridized carbons (Fsp3) is 0.867. The van der Waals surface area contributed by atoms with Crippen molar-refractivity contribution in [1.82, 2.24) is 10.6 Å². The Morgan fingerprint density at radius 1 is 0.508 bits per heavy atom. The van der Waals surface area contributed by atoms with Gasteiger partial charge in [-0.15, -0.1) is 0 Å². The Bertz CT molecular complexity index is 1690. The Balaban J connectivity index is 0.000000440. The zero-order valence-corrected chi connectivity index (χ0v) is 38.1. The van der Waals surface area contributed by atoms with E-state index in [0.717, 1.165) is 28.1 Å². The molecule has 4 fully saturated rings. The minimum atomic E-state index is -4.92. The summed E-state index contributed by atoms with van der Waals surface area (Å²) in [5.41, 5.74) is 0. The summed E-state index contributed by atoms with van der Waals surface area (Å²) in [5.74, 6) is -4.65. The number of aliphatic carboxylic acids is 2. The number of hydrogen-bond donors (Lipinski definition) is 14. The molecule has 35 heteroatoms. The van der Waals surface area contributed by atoms with Crippen molar-refractivity contribution < 1.29 is 172 Å². The molecule has 0 radical (unpaired) electrons. The average molecular weight is 1010 g/mol. The molecule has 4 aliphatic heterocycles. The fourth-order valence-electron chi connectivity index (χ4n) is 6.56. The van der Waals surface area contributed by atoms with Crippen LogP contribution in [0.5, 0.6) is 0 Å². The molecule has 0 bridgehead atoms. The normalized spacial score (nSPS) is 40.0. The number of carboxylic acid groups (broad SMARTS) is 2. The number of ether oxygens (including phenoxy) is 8. The summed E-state index contributed by atoms with van der Waals surface area (Å²) in [4.78, 5) is 45.8. The molecule has 0 aromatic heterocycles. The molecule has 0 unspecified atom stereocenters. The first-order chi connectivity index (χ1) is 29.5. The maximum atomic E-state index is 11.6. The van der Waals surface area contributed by atoms with Crippen molar-refractivity contribution in [3.63, 3.8) is 0 Å². The van der Waals surface area contributed by atoms with Crippen LogP contribution < -0.4 is 40.2 Å². The van der Waals surface area contributed by atoms with Gasteiger partial charge >= 0.3 is 62.3 Å². The Morgan fingerprint density at radius 2 is 0.815 bits per heavy atom. The van der Waals surface area contributed by atoms with Gasteiger partial charge in [-0.2, -0.15) is 16.8 Å². The van der Waals surface area contributed by atoms with Crippen LogP contribution in [-0.4, -0.2) is 251 Å². The third-order valence-electron chi connectivity index (χ3n) is 9.52. The number of methoxy groups -OCH3 is 2. The van der Waals surface area contributed by atoms with E-state index in [1.54, 1.807) is 0 Å².